The van der Waals surface area contributed by atoms with Crippen LogP contribution in [0.2, 0.25) is 5.02 Å². The Bertz CT molecular complexity index is 644. The Hall–Kier alpha value is -1.79. The highest BCUT2D eigenvalue weighted by atomic mass is 35.5. The van der Waals surface area contributed by atoms with E-state index < -0.39 is 5.92 Å². The van der Waals surface area contributed by atoms with Crippen molar-refractivity contribution < 1.29 is 9.59 Å². The van der Waals surface area contributed by atoms with Crippen molar-refractivity contribution >= 4 is 39.9 Å². The van der Waals surface area contributed by atoms with Gasteiger partial charge in [0, 0.05) is 11.4 Å². The average Bonchev–Trinajstić information content (AvgIpc) is 2.99. The van der Waals surface area contributed by atoms with Crippen molar-refractivity contribution in [2.45, 2.75) is 12.3 Å². The molecule has 3 rings (SSSR count). The van der Waals surface area contributed by atoms with Crippen LogP contribution in [0.15, 0.2) is 29.8 Å². The predicted octanol–water partition coefficient (Wildman–Crippen LogP) is 2.24. The third kappa shape index (κ3) is 2.02. The predicted molar refractivity (Wildman–Crippen MR) is 71.2 cm³/mol. The van der Waals surface area contributed by atoms with Gasteiger partial charge in [0.1, 0.15) is 5.51 Å². The summed E-state index contributed by atoms with van der Waals surface area (Å²) in [7, 11) is 0. The van der Waals surface area contributed by atoms with Gasteiger partial charge in [-0.15, -0.1) is 10.2 Å². The zero-order valence-electron chi connectivity index (χ0n) is 9.62. The van der Waals surface area contributed by atoms with Gasteiger partial charge >= 0.3 is 0 Å². The second-order valence-corrected chi connectivity index (χ2v) is 5.29. The van der Waals surface area contributed by atoms with Crippen LogP contribution in [-0.4, -0.2) is 22.0 Å². The number of benzene rings is 1. The summed E-state index contributed by atoms with van der Waals surface area (Å²) in [5.74, 6) is -1.10. The van der Waals surface area contributed by atoms with Crippen molar-refractivity contribution in [1.82, 2.24) is 10.2 Å². The summed E-state index contributed by atoms with van der Waals surface area (Å²) in [5.41, 5.74) is 2.16. The number of aromatic nitrogens is 2. The van der Waals surface area contributed by atoms with Crippen molar-refractivity contribution in [2.75, 3.05) is 4.90 Å². The SMILES string of the molecule is O=C1CC(c2ccccc2Cl)C(=O)N1c1nncs1. The molecule has 2 aromatic rings. The number of hydrogen-bond donors (Lipinski definition) is 0. The van der Waals surface area contributed by atoms with Crippen LogP contribution in [-0.2, 0) is 9.59 Å². The Morgan fingerprint density at radius 3 is 2.79 bits per heavy atom. The topological polar surface area (TPSA) is 63.2 Å². The van der Waals surface area contributed by atoms with Gasteiger partial charge in [0.2, 0.25) is 16.9 Å². The van der Waals surface area contributed by atoms with Crippen LogP contribution < -0.4 is 4.90 Å². The van der Waals surface area contributed by atoms with Crippen LogP contribution in [0.4, 0.5) is 5.13 Å². The monoisotopic (exact) mass is 293 g/mol. The highest BCUT2D eigenvalue weighted by Crippen LogP contribution is 2.36. The van der Waals surface area contributed by atoms with Gasteiger partial charge in [0.15, 0.2) is 0 Å². The fourth-order valence-corrected chi connectivity index (χ4v) is 2.95. The molecule has 96 valence electrons. The van der Waals surface area contributed by atoms with Crippen LogP contribution in [0, 0.1) is 0 Å². The van der Waals surface area contributed by atoms with Crippen LogP contribution in [0.25, 0.3) is 0 Å². The van der Waals surface area contributed by atoms with Gasteiger partial charge in [-0.2, -0.15) is 0 Å². The average molecular weight is 294 g/mol. The highest BCUT2D eigenvalue weighted by molar-refractivity contribution is 7.13. The second kappa shape index (κ2) is 4.71. The van der Waals surface area contributed by atoms with Crippen molar-refractivity contribution in [3.63, 3.8) is 0 Å². The maximum atomic E-state index is 12.4. The van der Waals surface area contributed by atoms with Gasteiger partial charge in [-0.1, -0.05) is 41.1 Å². The first-order valence-electron chi connectivity index (χ1n) is 5.56. The summed E-state index contributed by atoms with van der Waals surface area (Å²) in [6.07, 6.45) is 0.113. The molecule has 0 N–H and O–H groups in total. The molecule has 1 unspecified atom stereocenters. The van der Waals surface area contributed by atoms with Gasteiger partial charge in [-0.05, 0) is 11.6 Å². The lowest BCUT2D eigenvalue weighted by Crippen LogP contribution is -2.30. The summed E-state index contributed by atoms with van der Waals surface area (Å²) in [6.45, 7) is 0. The Balaban J connectivity index is 1.98. The number of carbonyl (C=O) groups is 2. The number of rotatable bonds is 2. The third-order valence-electron chi connectivity index (χ3n) is 2.97. The number of nitrogens with zero attached hydrogens (tertiary/aromatic N) is 3. The summed E-state index contributed by atoms with van der Waals surface area (Å²) in [4.78, 5) is 25.4. The molecular formula is C12H8ClN3O2S. The normalized spacial score (nSPS) is 19.2. The molecule has 1 aliphatic heterocycles. The lowest BCUT2D eigenvalue weighted by atomic mass is 9.98. The standard InChI is InChI=1S/C12H8ClN3O2S/c13-9-4-2-1-3-7(9)8-5-10(17)16(11(8)18)12-15-14-6-19-12/h1-4,6,8H,5H2. The Kier molecular flexibility index (Phi) is 3.04. The minimum atomic E-state index is -0.537. The zero-order valence-corrected chi connectivity index (χ0v) is 11.2. The van der Waals surface area contributed by atoms with E-state index in [1.807, 2.05) is 0 Å². The van der Waals surface area contributed by atoms with E-state index >= 15 is 0 Å². The number of anilines is 1. The molecule has 5 nitrogen and oxygen atoms in total. The van der Waals surface area contributed by atoms with E-state index in [9.17, 15) is 9.59 Å². The molecular weight excluding hydrogens is 286 g/mol. The van der Waals surface area contributed by atoms with E-state index in [4.69, 9.17) is 11.6 Å². The number of halogens is 1. The van der Waals surface area contributed by atoms with Gasteiger partial charge in [-0.25, -0.2) is 4.90 Å². The molecule has 1 saturated heterocycles. The number of hydrogen-bond acceptors (Lipinski definition) is 5. The zero-order chi connectivity index (χ0) is 13.4. The third-order valence-corrected chi connectivity index (χ3v) is 3.99. The molecule has 0 spiro atoms. The van der Waals surface area contributed by atoms with Gasteiger partial charge < -0.3 is 0 Å². The molecule has 1 aliphatic rings. The fraction of sp³-hybridized carbons (Fsp3) is 0.167. The minimum absolute atomic E-state index is 0.113. The van der Waals surface area contributed by atoms with E-state index in [1.165, 1.54) is 5.51 Å². The Morgan fingerprint density at radius 1 is 1.32 bits per heavy atom. The molecule has 1 aromatic heterocycles. The van der Waals surface area contributed by atoms with Gasteiger partial charge in [0.25, 0.3) is 0 Å². The lowest BCUT2D eigenvalue weighted by Gasteiger charge is -2.11. The van der Waals surface area contributed by atoms with Gasteiger partial charge in [0.05, 0.1) is 5.92 Å². The summed E-state index contributed by atoms with van der Waals surface area (Å²) in [5, 5.41) is 8.22. The van der Waals surface area contributed by atoms with Crippen molar-refractivity contribution in [2.24, 2.45) is 0 Å². The molecule has 2 heterocycles. The molecule has 0 radical (unpaired) electrons. The molecule has 1 atom stereocenters. The van der Waals surface area contributed by atoms with Gasteiger partial charge in [-0.3, -0.25) is 9.59 Å². The van der Waals surface area contributed by atoms with E-state index in [1.54, 1.807) is 24.3 Å². The number of carbonyl (C=O) groups excluding carboxylic acids is 2. The van der Waals surface area contributed by atoms with Crippen LogP contribution in [0.1, 0.15) is 17.9 Å². The molecule has 0 aliphatic carbocycles. The maximum Gasteiger partial charge on any atom is 0.243 e. The quantitative estimate of drug-likeness (QED) is 0.797. The molecule has 2 amide bonds. The van der Waals surface area contributed by atoms with Crippen LogP contribution >= 0.6 is 22.9 Å². The first kappa shape index (κ1) is 12.3. The van der Waals surface area contributed by atoms with Crippen molar-refractivity contribution in [3.05, 3.63) is 40.4 Å². The smallest absolute Gasteiger partial charge is 0.243 e. The second-order valence-electron chi connectivity index (χ2n) is 4.07. The Morgan fingerprint density at radius 2 is 2.11 bits per heavy atom. The largest absolute Gasteiger partial charge is 0.274 e. The summed E-state index contributed by atoms with van der Waals surface area (Å²) in [6, 6.07) is 7.06. The summed E-state index contributed by atoms with van der Waals surface area (Å²) >= 11 is 7.24. The van der Waals surface area contributed by atoms with E-state index in [2.05, 4.69) is 10.2 Å². The van der Waals surface area contributed by atoms with E-state index in [0.717, 1.165) is 16.2 Å². The number of amides is 2. The highest BCUT2D eigenvalue weighted by Gasteiger charge is 2.42. The molecule has 1 aromatic carbocycles. The molecule has 19 heavy (non-hydrogen) atoms. The van der Waals surface area contributed by atoms with Crippen LogP contribution in [0.3, 0.4) is 0 Å². The van der Waals surface area contributed by atoms with Crippen molar-refractivity contribution in [1.29, 1.82) is 0 Å². The van der Waals surface area contributed by atoms with Crippen molar-refractivity contribution in [3.8, 4) is 0 Å². The van der Waals surface area contributed by atoms with Crippen LogP contribution in [0.5, 0.6) is 0 Å². The van der Waals surface area contributed by atoms with E-state index in [0.29, 0.717) is 15.7 Å². The molecule has 0 bridgehead atoms. The minimum Gasteiger partial charge on any atom is -0.274 e. The molecule has 7 heteroatoms. The fourth-order valence-electron chi connectivity index (χ4n) is 2.10. The maximum absolute atomic E-state index is 12.4. The number of imide groups is 1. The Labute approximate surface area is 117 Å². The lowest BCUT2D eigenvalue weighted by molar-refractivity contribution is -0.121. The first-order chi connectivity index (χ1) is 9.18. The first-order valence-corrected chi connectivity index (χ1v) is 6.81. The molecule has 0 saturated carbocycles. The van der Waals surface area contributed by atoms with E-state index in [-0.39, 0.29) is 18.2 Å². The summed E-state index contributed by atoms with van der Waals surface area (Å²) < 4.78 is 0. The molecule has 1 fully saturated rings.